The van der Waals surface area contributed by atoms with Crippen LogP contribution in [0.2, 0.25) is 0 Å². The average Bonchev–Trinajstić information content (AvgIpc) is 3.44. The molecule has 2 fully saturated rings. The molecule has 2 aliphatic heterocycles. The summed E-state index contributed by atoms with van der Waals surface area (Å²) in [5.74, 6) is -0.947. The van der Waals surface area contributed by atoms with E-state index in [-0.39, 0.29) is 61.6 Å². The summed E-state index contributed by atoms with van der Waals surface area (Å²) in [4.78, 5) is 33.2. The maximum Gasteiger partial charge on any atom is 0.494 e. The van der Waals surface area contributed by atoms with Crippen molar-refractivity contribution in [2.45, 2.75) is 104 Å². The van der Waals surface area contributed by atoms with Crippen LogP contribution in [0, 0.1) is 0 Å². The summed E-state index contributed by atoms with van der Waals surface area (Å²) in [5, 5.41) is 31.7. The molecule has 0 spiro atoms. The Bertz CT molecular complexity index is 1700. The molecule has 12 nitrogen and oxygen atoms in total. The van der Waals surface area contributed by atoms with E-state index in [0.717, 1.165) is 27.6 Å². The SMILES string of the molecule is C.CC1(C)OB(c2cccc(CC(=O)O)c2)OC1(C)C.CNC(=O)Cc1cccc(B(O)O)c1.CNC(=O)Cc1cccc(B2OC(C)(C)C(C)(C)O2)c1. The lowest BCUT2D eigenvalue weighted by atomic mass is 9.78. The first-order valence-corrected chi connectivity index (χ1v) is 17.6. The third-order valence-corrected chi connectivity index (χ3v) is 9.84. The largest absolute Gasteiger partial charge is 0.494 e. The smallest absolute Gasteiger partial charge is 0.481 e. The van der Waals surface area contributed by atoms with Gasteiger partial charge in [-0.2, -0.15) is 0 Å². The van der Waals surface area contributed by atoms with Gasteiger partial charge in [-0.1, -0.05) is 80.2 Å². The van der Waals surface area contributed by atoms with Crippen LogP contribution in [0.4, 0.5) is 0 Å². The van der Waals surface area contributed by atoms with Gasteiger partial charge in [0.15, 0.2) is 0 Å². The van der Waals surface area contributed by atoms with Crippen molar-refractivity contribution in [3.05, 3.63) is 89.5 Å². The first-order valence-electron chi connectivity index (χ1n) is 17.6. The number of nitrogens with one attached hydrogen (secondary N) is 2. The van der Waals surface area contributed by atoms with E-state index in [0.29, 0.717) is 11.9 Å². The van der Waals surface area contributed by atoms with Crippen LogP contribution in [-0.2, 0) is 52.3 Å². The van der Waals surface area contributed by atoms with Crippen molar-refractivity contribution in [2.24, 2.45) is 0 Å². The van der Waals surface area contributed by atoms with Gasteiger partial charge in [-0.25, -0.2) is 0 Å². The number of benzene rings is 3. The molecular weight excluding hydrogens is 689 g/mol. The summed E-state index contributed by atoms with van der Waals surface area (Å²) in [7, 11) is 0.885. The maximum absolute atomic E-state index is 11.4. The molecule has 0 aromatic heterocycles. The number of rotatable bonds is 9. The fourth-order valence-corrected chi connectivity index (χ4v) is 5.24. The Labute approximate surface area is 321 Å². The molecule has 2 amide bonds. The van der Waals surface area contributed by atoms with Crippen LogP contribution in [0.5, 0.6) is 0 Å². The molecule has 0 saturated carbocycles. The number of carbonyl (C=O) groups excluding carboxylic acids is 2. The van der Waals surface area contributed by atoms with Crippen molar-refractivity contribution in [1.29, 1.82) is 0 Å². The highest BCUT2D eigenvalue weighted by atomic mass is 16.7. The summed E-state index contributed by atoms with van der Waals surface area (Å²) in [6.45, 7) is 16.1. The molecule has 3 aromatic carbocycles. The molecule has 292 valence electrons. The molecule has 15 heteroatoms. The molecule has 2 aliphatic rings. The summed E-state index contributed by atoms with van der Waals surface area (Å²) in [6, 6.07) is 21.8. The molecule has 2 saturated heterocycles. The van der Waals surface area contributed by atoms with E-state index in [4.69, 9.17) is 33.8 Å². The number of carboxylic acids is 1. The molecule has 5 rings (SSSR count). The van der Waals surface area contributed by atoms with Gasteiger partial charge in [0.25, 0.3) is 0 Å². The fraction of sp³-hybridized carbons (Fsp3) is 0.462. The van der Waals surface area contributed by atoms with Gasteiger partial charge in [0.05, 0.1) is 41.7 Å². The highest BCUT2D eigenvalue weighted by molar-refractivity contribution is 6.62. The number of amides is 2. The normalized spacial score (nSPS) is 17.1. The lowest BCUT2D eigenvalue weighted by Crippen LogP contribution is -2.41. The molecule has 0 aliphatic carbocycles. The number of carboxylic acid groups (broad SMARTS) is 1. The highest BCUT2D eigenvalue weighted by Crippen LogP contribution is 2.37. The molecule has 3 aromatic rings. The number of aliphatic carboxylic acids is 1. The van der Waals surface area contributed by atoms with Crippen LogP contribution < -0.4 is 27.0 Å². The van der Waals surface area contributed by atoms with Crippen LogP contribution in [0.3, 0.4) is 0 Å². The zero-order valence-electron chi connectivity index (χ0n) is 32.5. The second-order valence-electron chi connectivity index (χ2n) is 15.1. The van der Waals surface area contributed by atoms with Crippen LogP contribution in [-0.4, -0.2) is 90.8 Å². The standard InChI is InChI=1S/C15H22BNO3.C14H19BO4.C9H12BNO3.CH4/c1-14(2)15(3,4)20-16(19-14)12-8-6-7-11(9-12)10-13(18)17-5;1-13(2)14(3,4)19-15(18-13)11-7-5-6-10(8-11)9-12(16)17;1-11-9(12)6-7-3-2-4-8(5-7)10(13)14;/h6-9H,10H2,1-5H3,(H,17,18);5-8H,9H2,1-4H3,(H,16,17);2-5,13-14H,6H2,1H3,(H,11,12);1H4. The van der Waals surface area contributed by atoms with Gasteiger partial charge in [0, 0.05) is 14.1 Å². The molecule has 0 unspecified atom stereocenters. The Morgan fingerprint density at radius 3 is 1.26 bits per heavy atom. The average molecular weight is 746 g/mol. The number of likely N-dealkylation sites (N-methyl/N-ethyl adjacent to an activating group) is 2. The first kappa shape index (κ1) is 46.2. The topological polar surface area (TPSA) is 173 Å². The van der Waals surface area contributed by atoms with E-state index in [1.54, 1.807) is 44.4 Å². The van der Waals surface area contributed by atoms with Gasteiger partial charge in [0.1, 0.15) is 0 Å². The highest BCUT2D eigenvalue weighted by Gasteiger charge is 2.52. The van der Waals surface area contributed by atoms with Crippen LogP contribution >= 0.6 is 0 Å². The lowest BCUT2D eigenvalue weighted by molar-refractivity contribution is -0.136. The minimum absolute atomic E-state index is 0. The Hall–Kier alpha value is -3.98. The second-order valence-corrected chi connectivity index (χ2v) is 15.1. The predicted octanol–water partition coefficient (Wildman–Crippen LogP) is 2.18. The number of carbonyl (C=O) groups is 3. The summed E-state index contributed by atoms with van der Waals surface area (Å²) >= 11 is 0. The predicted molar refractivity (Wildman–Crippen MR) is 214 cm³/mol. The second kappa shape index (κ2) is 19.1. The van der Waals surface area contributed by atoms with Crippen molar-refractivity contribution in [2.75, 3.05) is 14.1 Å². The van der Waals surface area contributed by atoms with Gasteiger partial charge in [0.2, 0.25) is 11.8 Å². The molecular formula is C39H57B3N2O10. The van der Waals surface area contributed by atoms with Crippen molar-refractivity contribution >= 4 is 55.5 Å². The van der Waals surface area contributed by atoms with Crippen molar-refractivity contribution < 1.29 is 48.2 Å². The van der Waals surface area contributed by atoms with E-state index in [9.17, 15) is 14.4 Å². The Balaban J connectivity index is 0.000000282. The molecule has 0 radical (unpaired) electrons. The minimum atomic E-state index is -1.49. The van der Waals surface area contributed by atoms with Crippen LogP contribution in [0.15, 0.2) is 72.8 Å². The molecule has 0 bridgehead atoms. The zero-order valence-corrected chi connectivity index (χ0v) is 32.5. The summed E-state index contributed by atoms with van der Waals surface area (Å²) in [6.07, 6.45) is 0.619. The third-order valence-electron chi connectivity index (χ3n) is 9.84. The van der Waals surface area contributed by atoms with E-state index >= 15 is 0 Å². The summed E-state index contributed by atoms with van der Waals surface area (Å²) in [5.41, 5.74) is 3.18. The van der Waals surface area contributed by atoms with Gasteiger partial charge in [-0.05, 0) is 88.5 Å². The third kappa shape index (κ3) is 12.5. The fourth-order valence-electron chi connectivity index (χ4n) is 5.24. The van der Waals surface area contributed by atoms with Gasteiger partial charge in [-0.3, -0.25) is 14.4 Å². The van der Waals surface area contributed by atoms with Gasteiger partial charge in [-0.15, -0.1) is 0 Å². The van der Waals surface area contributed by atoms with Gasteiger partial charge < -0.3 is 44.4 Å². The van der Waals surface area contributed by atoms with E-state index in [1.807, 2.05) is 97.9 Å². The molecule has 2 heterocycles. The van der Waals surface area contributed by atoms with E-state index in [2.05, 4.69) is 10.6 Å². The number of hydrogen-bond donors (Lipinski definition) is 5. The first-order chi connectivity index (χ1) is 24.6. The van der Waals surface area contributed by atoms with Crippen molar-refractivity contribution in [1.82, 2.24) is 10.6 Å². The van der Waals surface area contributed by atoms with Crippen LogP contribution in [0.25, 0.3) is 0 Å². The molecule has 54 heavy (non-hydrogen) atoms. The van der Waals surface area contributed by atoms with Gasteiger partial charge >= 0.3 is 27.3 Å². The Morgan fingerprint density at radius 2 is 0.926 bits per heavy atom. The van der Waals surface area contributed by atoms with Crippen molar-refractivity contribution in [3.63, 3.8) is 0 Å². The molecule has 5 N–H and O–H groups in total. The quantitative estimate of drug-likeness (QED) is 0.205. The maximum atomic E-state index is 11.4. The van der Waals surface area contributed by atoms with Crippen LogP contribution in [0.1, 0.15) is 79.5 Å². The Kier molecular flexibility index (Phi) is 16.3. The van der Waals surface area contributed by atoms with E-state index in [1.165, 1.54) is 0 Å². The minimum Gasteiger partial charge on any atom is -0.481 e. The molecule has 0 atom stereocenters. The summed E-state index contributed by atoms with van der Waals surface area (Å²) < 4.78 is 23.9. The van der Waals surface area contributed by atoms with E-state index < -0.39 is 20.2 Å². The van der Waals surface area contributed by atoms with Crippen molar-refractivity contribution in [3.8, 4) is 0 Å². The monoisotopic (exact) mass is 746 g/mol. The Morgan fingerprint density at radius 1 is 0.593 bits per heavy atom. The lowest BCUT2D eigenvalue weighted by Gasteiger charge is -2.32. The zero-order chi connectivity index (χ0) is 39.8. The number of hydrogen-bond acceptors (Lipinski definition) is 9.